The smallest absolute Gasteiger partial charge is 0.409 e. The van der Waals surface area contributed by atoms with E-state index in [0.717, 1.165) is 24.0 Å². The molecule has 1 saturated carbocycles. The van der Waals surface area contributed by atoms with Gasteiger partial charge in [0.2, 0.25) is 0 Å². The molecule has 1 aromatic heterocycles. The Balaban J connectivity index is 1.60. The lowest BCUT2D eigenvalue weighted by Gasteiger charge is -2.18. The van der Waals surface area contributed by atoms with Crippen LogP contribution in [0.1, 0.15) is 50.8 Å². The van der Waals surface area contributed by atoms with E-state index in [2.05, 4.69) is 19.0 Å². The zero-order valence-electron chi connectivity index (χ0n) is 19.2. The highest BCUT2D eigenvalue weighted by atomic mass is 16.6. The maximum Gasteiger partial charge on any atom is 0.409 e. The number of rotatable bonds is 9. The third-order valence-electron chi connectivity index (χ3n) is 5.83. The van der Waals surface area contributed by atoms with Gasteiger partial charge in [-0.3, -0.25) is 4.79 Å². The van der Waals surface area contributed by atoms with Gasteiger partial charge in [0.05, 0.1) is 23.3 Å². The summed E-state index contributed by atoms with van der Waals surface area (Å²) in [4.78, 5) is 25.0. The Kier molecular flexibility index (Phi) is 7.77. The van der Waals surface area contributed by atoms with Crippen LogP contribution in [0.4, 0.5) is 4.79 Å². The molecule has 0 radical (unpaired) electrons. The summed E-state index contributed by atoms with van der Waals surface area (Å²) in [5, 5.41) is 13.2. The number of nitrogens with zero attached hydrogens (tertiary/aromatic N) is 2. The molecule has 8 heteroatoms. The van der Waals surface area contributed by atoms with Crippen molar-refractivity contribution >= 4 is 12.1 Å². The van der Waals surface area contributed by atoms with E-state index in [1.807, 2.05) is 31.2 Å². The summed E-state index contributed by atoms with van der Waals surface area (Å²) in [6.07, 6.45) is 2.36. The second-order valence-corrected chi connectivity index (χ2v) is 8.85. The molecular weight excluding hydrogens is 412 g/mol. The summed E-state index contributed by atoms with van der Waals surface area (Å²) in [5.74, 6) is 0.660. The molecule has 0 bridgehead atoms. The molecule has 1 N–H and O–H groups in total. The number of carboxylic acid groups (broad SMARTS) is 1. The molecule has 1 aromatic carbocycles. The van der Waals surface area contributed by atoms with Gasteiger partial charge < -0.3 is 24.0 Å². The van der Waals surface area contributed by atoms with Crippen molar-refractivity contribution in [3.05, 3.63) is 35.5 Å². The summed E-state index contributed by atoms with van der Waals surface area (Å²) in [5.41, 5.74) is 2.19. The highest BCUT2D eigenvalue weighted by Gasteiger charge is 2.31. The minimum Gasteiger partial charge on any atom is -0.490 e. The third-order valence-corrected chi connectivity index (χ3v) is 5.83. The van der Waals surface area contributed by atoms with E-state index in [9.17, 15) is 9.59 Å². The maximum atomic E-state index is 12.3. The number of carbonyl (C=O) groups is 2. The van der Waals surface area contributed by atoms with Gasteiger partial charge in [0.15, 0.2) is 5.76 Å². The lowest BCUT2D eigenvalue weighted by molar-refractivity contribution is -0.141. The predicted molar refractivity (Wildman–Crippen MR) is 118 cm³/mol. The molecule has 32 heavy (non-hydrogen) atoms. The van der Waals surface area contributed by atoms with Gasteiger partial charge in [-0.05, 0) is 62.8 Å². The number of hydrogen-bond donors (Lipinski definition) is 1. The van der Waals surface area contributed by atoms with Gasteiger partial charge in [0.1, 0.15) is 12.4 Å². The number of amides is 1. The number of benzene rings is 1. The number of hydrogen-bond acceptors (Lipinski definition) is 6. The molecule has 1 heterocycles. The van der Waals surface area contributed by atoms with Crippen LogP contribution in [-0.2, 0) is 16.1 Å². The average molecular weight is 445 g/mol. The predicted octanol–water partition coefficient (Wildman–Crippen LogP) is 4.90. The zero-order valence-corrected chi connectivity index (χ0v) is 19.2. The van der Waals surface area contributed by atoms with E-state index >= 15 is 0 Å². The number of aryl methyl sites for hydroxylation is 1. The Morgan fingerprint density at radius 3 is 2.59 bits per heavy atom. The van der Waals surface area contributed by atoms with Crippen molar-refractivity contribution in [2.75, 3.05) is 13.6 Å². The Morgan fingerprint density at radius 2 is 1.97 bits per heavy atom. The van der Waals surface area contributed by atoms with Crippen LogP contribution in [0.25, 0.3) is 11.3 Å². The first kappa shape index (κ1) is 23.6. The molecule has 1 aliphatic rings. The molecule has 2 aromatic rings. The minimum absolute atomic E-state index is 0.0758. The Bertz CT molecular complexity index is 921. The first-order valence-electron chi connectivity index (χ1n) is 11.1. The van der Waals surface area contributed by atoms with Gasteiger partial charge >= 0.3 is 12.1 Å². The summed E-state index contributed by atoms with van der Waals surface area (Å²) >= 11 is 0. The van der Waals surface area contributed by atoms with Gasteiger partial charge in [0.25, 0.3) is 0 Å². The number of ether oxygens (including phenoxy) is 2. The summed E-state index contributed by atoms with van der Waals surface area (Å²) in [7, 11) is 1.73. The number of aliphatic carboxylic acids is 1. The van der Waals surface area contributed by atoms with Crippen molar-refractivity contribution in [2.45, 2.75) is 59.2 Å². The van der Waals surface area contributed by atoms with Crippen molar-refractivity contribution in [3.8, 4) is 17.1 Å². The molecule has 1 fully saturated rings. The standard InChI is InChI=1S/C24H32N2O6/c1-15(2)11-12-26(4)24(29)30-14-21-16(3)25-32-22(21)17-5-8-19(9-6-17)31-20-10-7-18(13-20)23(27)28/h5-6,8-9,15,18,20H,7,10-14H2,1-4H3,(H,27,28)/t18-,20+/m1/s1. The van der Waals surface area contributed by atoms with Crippen LogP contribution in [0.3, 0.4) is 0 Å². The quantitative estimate of drug-likeness (QED) is 0.587. The van der Waals surface area contributed by atoms with E-state index in [4.69, 9.17) is 19.1 Å². The third kappa shape index (κ3) is 6.02. The van der Waals surface area contributed by atoms with Gasteiger partial charge in [0, 0.05) is 19.2 Å². The van der Waals surface area contributed by atoms with Crippen LogP contribution in [-0.4, -0.2) is 46.9 Å². The number of aromatic nitrogens is 1. The van der Waals surface area contributed by atoms with Crippen molar-refractivity contribution in [1.29, 1.82) is 0 Å². The van der Waals surface area contributed by atoms with Crippen LogP contribution in [0, 0.1) is 18.8 Å². The van der Waals surface area contributed by atoms with Crippen molar-refractivity contribution in [1.82, 2.24) is 10.1 Å². The molecule has 3 rings (SSSR count). The summed E-state index contributed by atoms with van der Waals surface area (Å²) in [6, 6.07) is 7.38. The summed E-state index contributed by atoms with van der Waals surface area (Å²) in [6.45, 7) is 6.76. The first-order chi connectivity index (χ1) is 15.2. The minimum atomic E-state index is -0.758. The SMILES string of the molecule is Cc1noc(-c2ccc(O[C@H]3CC[C@@H](C(=O)O)C3)cc2)c1COC(=O)N(C)CCC(C)C. The van der Waals surface area contributed by atoms with E-state index in [1.54, 1.807) is 11.9 Å². The van der Waals surface area contributed by atoms with Crippen LogP contribution < -0.4 is 4.74 Å². The van der Waals surface area contributed by atoms with Crippen molar-refractivity contribution in [3.63, 3.8) is 0 Å². The average Bonchev–Trinajstić information content (AvgIpc) is 3.37. The maximum absolute atomic E-state index is 12.3. The molecule has 174 valence electrons. The first-order valence-corrected chi connectivity index (χ1v) is 11.1. The monoisotopic (exact) mass is 444 g/mol. The van der Waals surface area contributed by atoms with E-state index in [1.165, 1.54) is 0 Å². The lowest BCUT2D eigenvalue weighted by Crippen LogP contribution is -2.29. The Hall–Kier alpha value is -3.03. The van der Waals surface area contributed by atoms with Gasteiger partial charge in [-0.15, -0.1) is 0 Å². The van der Waals surface area contributed by atoms with Crippen LogP contribution in [0.15, 0.2) is 28.8 Å². The highest BCUT2D eigenvalue weighted by Crippen LogP contribution is 2.32. The fraction of sp³-hybridized carbons (Fsp3) is 0.542. The van der Waals surface area contributed by atoms with Gasteiger partial charge in [-0.2, -0.15) is 0 Å². The largest absolute Gasteiger partial charge is 0.490 e. The van der Waals surface area contributed by atoms with Crippen LogP contribution >= 0.6 is 0 Å². The van der Waals surface area contributed by atoms with Crippen LogP contribution in [0.5, 0.6) is 5.75 Å². The van der Waals surface area contributed by atoms with Crippen LogP contribution in [0.2, 0.25) is 0 Å². The number of carbonyl (C=O) groups excluding carboxylic acids is 1. The van der Waals surface area contributed by atoms with E-state index in [0.29, 0.717) is 42.5 Å². The molecule has 0 spiro atoms. The molecule has 0 aliphatic heterocycles. The Morgan fingerprint density at radius 1 is 1.25 bits per heavy atom. The molecule has 2 atom stereocenters. The van der Waals surface area contributed by atoms with Crippen molar-refractivity contribution < 1.29 is 28.7 Å². The fourth-order valence-corrected chi connectivity index (χ4v) is 3.72. The topological polar surface area (TPSA) is 102 Å². The Labute approximate surface area is 188 Å². The molecule has 1 amide bonds. The van der Waals surface area contributed by atoms with E-state index < -0.39 is 5.97 Å². The van der Waals surface area contributed by atoms with Gasteiger partial charge in [-0.25, -0.2) is 4.79 Å². The normalized spacial score (nSPS) is 18.0. The lowest BCUT2D eigenvalue weighted by atomic mass is 10.1. The van der Waals surface area contributed by atoms with Crippen molar-refractivity contribution in [2.24, 2.45) is 11.8 Å². The fourth-order valence-electron chi connectivity index (χ4n) is 3.72. The molecule has 1 aliphatic carbocycles. The summed E-state index contributed by atoms with van der Waals surface area (Å²) < 4.78 is 16.9. The second-order valence-electron chi connectivity index (χ2n) is 8.85. The molecule has 0 unspecified atom stereocenters. The number of carboxylic acids is 1. The zero-order chi connectivity index (χ0) is 23.3. The molecular formula is C24H32N2O6. The highest BCUT2D eigenvalue weighted by molar-refractivity contribution is 5.70. The van der Waals surface area contributed by atoms with E-state index in [-0.39, 0.29) is 24.7 Å². The van der Waals surface area contributed by atoms with Gasteiger partial charge in [-0.1, -0.05) is 19.0 Å². The second kappa shape index (κ2) is 10.5. The molecule has 0 saturated heterocycles. The molecule has 8 nitrogen and oxygen atoms in total.